The number of rotatable bonds is 7. The number of halogens is 4. The van der Waals surface area contributed by atoms with E-state index in [-0.39, 0.29) is 30.4 Å². The number of ether oxygens (including phenoxy) is 1. The molecule has 8 nitrogen and oxygen atoms in total. The number of pyridine rings is 2. The number of hydrogen-bond acceptors (Lipinski definition) is 6. The molecule has 0 saturated heterocycles. The minimum atomic E-state index is -4.47. The maximum atomic E-state index is 13.4. The zero-order chi connectivity index (χ0) is 23.3. The molecule has 0 aliphatic carbocycles. The predicted octanol–water partition coefficient (Wildman–Crippen LogP) is 3.16. The number of alkyl halides is 3. The van der Waals surface area contributed by atoms with Crippen LogP contribution in [-0.2, 0) is 17.8 Å². The third-order valence-corrected chi connectivity index (χ3v) is 4.07. The van der Waals surface area contributed by atoms with Gasteiger partial charge in [0.25, 0.3) is 0 Å². The number of nitrogens with zero attached hydrogens (tertiary/aromatic N) is 5. The van der Waals surface area contributed by atoms with Gasteiger partial charge in [-0.2, -0.15) is 23.5 Å². The largest absolute Gasteiger partial charge is 0.468 e. The fourth-order valence-corrected chi connectivity index (χ4v) is 2.72. The molecule has 1 amide bonds. The van der Waals surface area contributed by atoms with Crippen LogP contribution in [0.25, 0.3) is 0 Å². The number of anilines is 1. The Labute approximate surface area is 179 Å². The lowest BCUT2D eigenvalue weighted by Crippen LogP contribution is -2.20. The van der Waals surface area contributed by atoms with Crippen molar-refractivity contribution in [3.63, 3.8) is 0 Å². The molecule has 166 valence electrons. The van der Waals surface area contributed by atoms with Crippen molar-refractivity contribution in [1.82, 2.24) is 19.7 Å². The van der Waals surface area contributed by atoms with Gasteiger partial charge in [-0.25, -0.2) is 14.4 Å². The van der Waals surface area contributed by atoms with Gasteiger partial charge < -0.3 is 10.1 Å². The predicted molar refractivity (Wildman–Crippen MR) is 103 cm³/mol. The van der Waals surface area contributed by atoms with Gasteiger partial charge >= 0.3 is 6.18 Å². The molecule has 12 heteroatoms. The van der Waals surface area contributed by atoms with Crippen molar-refractivity contribution in [3.8, 4) is 11.9 Å². The zero-order valence-corrected chi connectivity index (χ0v) is 16.6. The van der Waals surface area contributed by atoms with Crippen LogP contribution < -0.4 is 10.1 Å². The van der Waals surface area contributed by atoms with E-state index < -0.39 is 24.5 Å². The van der Waals surface area contributed by atoms with Gasteiger partial charge in [0.05, 0.1) is 18.7 Å². The molecule has 0 radical (unpaired) electrons. The van der Waals surface area contributed by atoms with Gasteiger partial charge in [-0.05, 0) is 30.7 Å². The van der Waals surface area contributed by atoms with Crippen molar-refractivity contribution >= 4 is 11.7 Å². The van der Waals surface area contributed by atoms with E-state index in [1.807, 2.05) is 0 Å². The van der Waals surface area contributed by atoms with Crippen LogP contribution in [0.3, 0.4) is 0 Å². The van der Waals surface area contributed by atoms with Gasteiger partial charge in [-0.1, -0.05) is 0 Å². The van der Waals surface area contributed by atoms with Crippen molar-refractivity contribution in [2.45, 2.75) is 26.1 Å². The van der Waals surface area contributed by atoms with Crippen LogP contribution in [0.5, 0.6) is 5.88 Å². The Balaban J connectivity index is 1.57. The van der Waals surface area contributed by atoms with Gasteiger partial charge in [0.1, 0.15) is 6.07 Å². The second-order valence-electron chi connectivity index (χ2n) is 6.74. The number of nitrogens with one attached hydrogen (secondary N) is 1. The number of hydrogen-bond donors (Lipinski definition) is 1. The summed E-state index contributed by atoms with van der Waals surface area (Å²) in [6, 6.07) is 7.29. The minimum Gasteiger partial charge on any atom is -0.468 e. The Kier molecular flexibility index (Phi) is 6.67. The highest BCUT2D eigenvalue weighted by Crippen LogP contribution is 2.20. The van der Waals surface area contributed by atoms with Crippen LogP contribution >= 0.6 is 0 Å². The fraction of sp³-hybridized carbons (Fsp3) is 0.250. The topological polar surface area (TPSA) is 106 Å². The van der Waals surface area contributed by atoms with Crippen molar-refractivity contribution in [1.29, 1.82) is 5.26 Å². The normalized spacial score (nSPS) is 11.1. The van der Waals surface area contributed by atoms with Crippen LogP contribution in [0, 0.1) is 24.1 Å². The first-order valence-electron chi connectivity index (χ1n) is 9.17. The van der Waals surface area contributed by atoms with Crippen molar-refractivity contribution in [3.05, 3.63) is 65.0 Å². The Morgan fingerprint density at radius 1 is 1.31 bits per heavy atom. The molecule has 0 saturated carbocycles. The zero-order valence-electron chi connectivity index (χ0n) is 16.6. The van der Waals surface area contributed by atoms with E-state index in [0.717, 1.165) is 6.07 Å². The number of aromatic nitrogens is 4. The Bertz CT molecular complexity index is 1170. The molecule has 3 rings (SSSR count). The van der Waals surface area contributed by atoms with Gasteiger partial charge in [-0.3, -0.25) is 9.48 Å². The van der Waals surface area contributed by atoms with E-state index in [4.69, 9.17) is 5.26 Å². The monoisotopic (exact) mass is 448 g/mol. The van der Waals surface area contributed by atoms with E-state index in [0.29, 0.717) is 16.8 Å². The molecular weight excluding hydrogens is 432 g/mol. The lowest BCUT2D eigenvalue weighted by Gasteiger charge is -2.11. The third-order valence-electron chi connectivity index (χ3n) is 4.07. The highest BCUT2D eigenvalue weighted by Gasteiger charge is 2.29. The number of nitriles is 1. The number of carbonyl (C=O) groups is 1. The average Bonchev–Trinajstić information content (AvgIpc) is 3.14. The summed E-state index contributed by atoms with van der Waals surface area (Å²) < 4.78 is 56.2. The maximum absolute atomic E-state index is 13.4. The summed E-state index contributed by atoms with van der Waals surface area (Å²) in [7, 11) is 0. The molecule has 32 heavy (non-hydrogen) atoms. The molecule has 0 bridgehead atoms. The van der Waals surface area contributed by atoms with E-state index in [1.54, 1.807) is 18.3 Å². The molecule has 3 heterocycles. The van der Waals surface area contributed by atoms with Gasteiger partial charge in [0.2, 0.25) is 11.8 Å². The summed E-state index contributed by atoms with van der Waals surface area (Å²) in [5.74, 6) is -1.02. The Morgan fingerprint density at radius 3 is 2.78 bits per heavy atom. The van der Waals surface area contributed by atoms with E-state index in [9.17, 15) is 22.4 Å². The van der Waals surface area contributed by atoms with Crippen molar-refractivity contribution in [2.75, 3.05) is 11.9 Å². The van der Waals surface area contributed by atoms with Crippen molar-refractivity contribution < 1.29 is 27.1 Å². The lowest BCUT2D eigenvalue weighted by atomic mass is 10.1. The maximum Gasteiger partial charge on any atom is 0.422 e. The first kappa shape index (κ1) is 22.7. The smallest absolute Gasteiger partial charge is 0.422 e. The molecule has 0 atom stereocenters. The van der Waals surface area contributed by atoms with E-state index in [2.05, 4.69) is 25.1 Å². The standard InChI is InChI=1S/C20H16F4N6O2/c1-12-6-13(9-26-19(12)32-11-20(22,23)24)7-18(31)28-17-4-5-30(29-17)10-14-2-3-15(21)16(8-25)27-14/h2-6,9H,7,10-11H2,1H3,(H,28,29,31). The van der Waals surface area contributed by atoms with Crippen LogP contribution in [0.4, 0.5) is 23.4 Å². The Morgan fingerprint density at radius 2 is 2.09 bits per heavy atom. The molecular formula is C20H16F4N6O2. The molecule has 1 N–H and O–H groups in total. The summed E-state index contributed by atoms with van der Waals surface area (Å²) >= 11 is 0. The molecule has 0 spiro atoms. The van der Waals surface area contributed by atoms with Crippen LogP contribution in [0.1, 0.15) is 22.5 Å². The number of amides is 1. The van der Waals surface area contributed by atoms with E-state index >= 15 is 0 Å². The summed E-state index contributed by atoms with van der Waals surface area (Å²) in [5.41, 5.74) is 0.950. The first-order chi connectivity index (χ1) is 15.1. The SMILES string of the molecule is Cc1cc(CC(=O)Nc2ccn(Cc3ccc(F)c(C#N)n3)n2)cnc1OCC(F)(F)F. The highest BCUT2D eigenvalue weighted by molar-refractivity contribution is 5.91. The number of carbonyl (C=O) groups excluding carboxylic acids is 1. The van der Waals surface area contributed by atoms with Crippen LogP contribution in [-0.4, -0.2) is 38.4 Å². The Hall–Kier alpha value is -4.01. The molecule has 0 aromatic carbocycles. The van der Waals surface area contributed by atoms with Crippen molar-refractivity contribution in [2.24, 2.45) is 0 Å². The minimum absolute atomic E-state index is 0.0781. The molecule has 3 aromatic heterocycles. The summed E-state index contributed by atoms with van der Waals surface area (Å²) in [5, 5.41) is 15.6. The van der Waals surface area contributed by atoms with Gasteiger partial charge in [0, 0.05) is 24.0 Å². The van der Waals surface area contributed by atoms with E-state index in [1.165, 1.54) is 29.9 Å². The van der Waals surface area contributed by atoms with Gasteiger partial charge in [0.15, 0.2) is 23.9 Å². The van der Waals surface area contributed by atoms with Gasteiger partial charge in [-0.15, -0.1) is 0 Å². The first-order valence-corrected chi connectivity index (χ1v) is 9.17. The van der Waals surface area contributed by atoms with Crippen LogP contribution in [0.2, 0.25) is 0 Å². The highest BCUT2D eigenvalue weighted by atomic mass is 19.4. The molecule has 3 aromatic rings. The van der Waals surface area contributed by atoms with Crippen LogP contribution in [0.15, 0.2) is 36.7 Å². The summed E-state index contributed by atoms with van der Waals surface area (Å²) in [6.45, 7) is 0.241. The molecule has 0 aliphatic rings. The second kappa shape index (κ2) is 9.42. The quantitative estimate of drug-likeness (QED) is 0.557. The second-order valence-corrected chi connectivity index (χ2v) is 6.74. The summed E-state index contributed by atoms with van der Waals surface area (Å²) in [6.07, 6.45) is -1.71. The molecule has 0 aliphatic heterocycles. The lowest BCUT2D eigenvalue weighted by molar-refractivity contribution is -0.154. The average molecular weight is 448 g/mol. The third kappa shape index (κ3) is 6.24. The fourth-order valence-electron chi connectivity index (χ4n) is 2.72. The number of aryl methyl sites for hydroxylation is 1. The molecule has 0 unspecified atom stereocenters. The molecule has 0 fully saturated rings. The summed E-state index contributed by atoms with van der Waals surface area (Å²) in [4.78, 5) is 20.0.